The zero-order valence-electron chi connectivity index (χ0n) is 24.3. The van der Waals surface area contributed by atoms with Crippen molar-refractivity contribution in [2.45, 2.75) is 70.2 Å². The average molecular weight is 643 g/mol. The second kappa shape index (κ2) is 11.3. The van der Waals surface area contributed by atoms with E-state index in [0.717, 1.165) is 23.0 Å². The van der Waals surface area contributed by atoms with Crippen molar-refractivity contribution >= 4 is 55.0 Å². The van der Waals surface area contributed by atoms with Gasteiger partial charge in [-0.3, -0.25) is 0 Å². The highest BCUT2D eigenvalue weighted by atomic mass is 35.5. The summed E-state index contributed by atoms with van der Waals surface area (Å²) in [5.41, 5.74) is 9.97. The molecule has 0 aliphatic heterocycles. The number of nitrogens with zero attached hydrogens (tertiary/aromatic N) is 3. The predicted molar refractivity (Wildman–Crippen MR) is 170 cm³/mol. The van der Waals surface area contributed by atoms with Crippen LogP contribution in [0.25, 0.3) is 32.9 Å². The van der Waals surface area contributed by atoms with Crippen LogP contribution in [0.5, 0.6) is 0 Å². The number of nitrogens with one attached hydrogen (secondary N) is 1. The molecule has 7 nitrogen and oxygen atoms in total. The van der Waals surface area contributed by atoms with Crippen molar-refractivity contribution in [3.63, 3.8) is 0 Å². The number of sulfonamides is 1. The van der Waals surface area contributed by atoms with Gasteiger partial charge < -0.3 is 10.3 Å². The summed E-state index contributed by atoms with van der Waals surface area (Å²) < 4.78 is 47.9. The molecule has 226 valence electrons. The lowest BCUT2D eigenvalue weighted by atomic mass is 9.70. The van der Waals surface area contributed by atoms with Gasteiger partial charge in [0, 0.05) is 45.7 Å². The number of rotatable bonds is 9. The first-order valence-corrected chi connectivity index (χ1v) is 17.0. The molecule has 11 heteroatoms. The molecule has 6 rings (SSSR count). The molecule has 43 heavy (non-hydrogen) atoms. The van der Waals surface area contributed by atoms with Gasteiger partial charge in [-0.05, 0) is 81.7 Å². The molecule has 2 aromatic heterocycles. The molecule has 0 bridgehead atoms. The number of pyridine rings is 1. The summed E-state index contributed by atoms with van der Waals surface area (Å²) in [6.45, 7) is 6.35. The first-order valence-electron chi connectivity index (χ1n) is 14.7. The minimum atomic E-state index is -3.47. The summed E-state index contributed by atoms with van der Waals surface area (Å²) in [5.74, 6) is -0.0629. The van der Waals surface area contributed by atoms with E-state index in [1.807, 2.05) is 26.0 Å². The van der Waals surface area contributed by atoms with E-state index in [1.54, 1.807) is 18.2 Å². The molecule has 0 saturated heterocycles. The molecule has 4 atom stereocenters. The lowest BCUT2D eigenvalue weighted by Gasteiger charge is -2.45. The van der Waals surface area contributed by atoms with Crippen molar-refractivity contribution in [3.05, 3.63) is 63.1 Å². The van der Waals surface area contributed by atoms with Crippen molar-refractivity contribution in [1.29, 1.82) is 5.26 Å². The van der Waals surface area contributed by atoms with Crippen LogP contribution in [0.1, 0.15) is 68.6 Å². The molecule has 2 aromatic carbocycles. The van der Waals surface area contributed by atoms with Crippen LogP contribution in [-0.4, -0.2) is 29.8 Å². The fraction of sp³-hybridized carbons (Fsp3) is 0.438. The maximum Gasteiger partial charge on any atom is 0.215 e. The van der Waals surface area contributed by atoms with Crippen molar-refractivity contribution in [2.24, 2.45) is 17.6 Å². The van der Waals surface area contributed by atoms with E-state index in [-0.39, 0.29) is 45.7 Å². The number of halogens is 3. The quantitative estimate of drug-likeness (QED) is 0.198. The van der Waals surface area contributed by atoms with E-state index >= 15 is 4.39 Å². The Kier molecular flexibility index (Phi) is 7.97. The molecule has 0 radical (unpaired) electrons. The highest BCUT2D eigenvalue weighted by Crippen LogP contribution is 2.49. The van der Waals surface area contributed by atoms with Crippen LogP contribution in [0.3, 0.4) is 0 Å². The van der Waals surface area contributed by atoms with Gasteiger partial charge in [0.25, 0.3) is 0 Å². The molecule has 2 heterocycles. The van der Waals surface area contributed by atoms with Crippen LogP contribution in [0.4, 0.5) is 4.39 Å². The van der Waals surface area contributed by atoms with Gasteiger partial charge in [0.15, 0.2) is 5.82 Å². The van der Waals surface area contributed by atoms with Gasteiger partial charge in [-0.2, -0.15) is 5.26 Å². The van der Waals surface area contributed by atoms with Crippen molar-refractivity contribution in [1.82, 2.24) is 14.3 Å². The minimum Gasteiger partial charge on any atom is -0.339 e. The first-order chi connectivity index (χ1) is 20.5. The predicted octanol–water partition coefficient (Wildman–Crippen LogP) is 7.37. The average Bonchev–Trinajstić information content (AvgIpc) is 3.75. The molecular formula is C32H34Cl2FN5O2S. The topological polar surface area (TPSA) is 114 Å². The Labute approximate surface area is 261 Å². The zero-order chi connectivity index (χ0) is 30.8. The smallest absolute Gasteiger partial charge is 0.215 e. The summed E-state index contributed by atoms with van der Waals surface area (Å²) in [6, 6.07) is 10.6. The number of hydrogen-bond acceptors (Lipinski definition) is 5. The fourth-order valence-corrected chi connectivity index (χ4v) is 8.80. The number of aryl methyl sites for hydroxylation is 2. The largest absolute Gasteiger partial charge is 0.339 e. The normalized spacial score (nSPS) is 21.2. The Hall–Kier alpha value is -2.74. The maximum atomic E-state index is 16.8. The highest BCUT2D eigenvalue weighted by Gasteiger charge is 2.42. The maximum absolute atomic E-state index is 16.8. The molecule has 0 amide bonds. The van der Waals surface area contributed by atoms with Gasteiger partial charge in [-0.1, -0.05) is 42.3 Å². The number of hydrogen-bond donors (Lipinski definition) is 2. The number of benzene rings is 2. The molecular weight excluding hydrogens is 608 g/mol. The van der Waals surface area contributed by atoms with Crippen LogP contribution in [0, 0.1) is 35.9 Å². The molecule has 2 saturated carbocycles. The van der Waals surface area contributed by atoms with E-state index in [2.05, 4.69) is 22.3 Å². The third-order valence-electron chi connectivity index (χ3n) is 9.13. The van der Waals surface area contributed by atoms with Crippen LogP contribution in [0.15, 0.2) is 30.3 Å². The van der Waals surface area contributed by atoms with Gasteiger partial charge in [-0.15, -0.1) is 0 Å². The van der Waals surface area contributed by atoms with Crippen molar-refractivity contribution in [3.8, 4) is 17.2 Å². The lowest BCUT2D eigenvalue weighted by molar-refractivity contribution is 0.103. The molecule has 0 unspecified atom stereocenters. The summed E-state index contributed by atoms with van der Waals surface area (Å²) in [6.07, 6.45) is 2.76. The molecule has 2 fully saturated rings. The Bertz CT molecular complexity index is 1920. The van der Waals surface area contributed by atoms with Crippen molar-refractivity contribution in [2.75, 3.05) is 6.54 Å². The van der Waals surface area contributed by atoms with Crippen LogP contribution in [-0.2, 0) is 16.4 Å². The van der Waals surface area contributed by atoms with Gasteiger partial charge in [0.2, 0.25) is 10.0 Å². The molecule has 2 aliphatic carbocycles. The third-order valence-corrected chi connectivity index (χ3v) is 12.0. The molecule has 3 N–H and O–H groups in total. The van der Waals surface area contributed by atoms with Crippen LogP contribution >= 0.6 is 23.2 Å². The lowest BCUT2D eigenvalue weighted by Crippen LogP contribution is -2.42. The van der Waals surface area contributed by atoms with Gasteiger partial charge in [0.1, 0.15) is 5.52 Å². The summed E-state index contributed by atoms with van der Waals surface area (Å²) in [7, 11) is -3.47. The summed E-state index contributed by atoms with van der Waals surface area (Å²) in [5, 5.41) is 11.1. The highest BCUT2D eigenvalue weighted by molar-refractivity contribution is 7.90. The third kappa shape index (κ3) is 5.11. The summed E-state index contributed by atoms with van der Waals surface area (Å²) in [4.78, 5) is 4.76. The fourth-order valence-electron chi connectivity index (χ4n) is 6.84. The second-order valence-electron chi connectivity index (χ2n) is 12.1. The van der Waals surface area contributed by atoms with E-state index in [9.17, 15) is 13.7 Å². The Morgan fingerprint density at radius 3 is 2.65 bits per heavy atom. The minimum absolute atomic E-state index is 0.00282. The number of aromatic nitrogens is 2. The monoisotopic (exact) mass is 641 g/mol. The van der Waals surface area contributed by atoms with Gasteiger partial charge in [-0.25, -0.2) is 22.5 Å². The summed E-state index contributed by atoms with van der Waals surface area (Å²) >= 11 is 12.9. The number of nitrogens with two attached hydrogens (primary N) is 1. The van der Waals surface area contributed by atoms with Gasteiger partial charge >= 0.3 is 0 Å². The molecule has 0 spiro atoms. The van der Waals surface area contributed by atoms with E-state index in [4.69, 9.17) is 33.9 Å². The standard InChI is InChI=1S/C32H34Cl2FN5O2S/c1-16-12-20(15-37)31(16)40-26(18(3)39-43(41,42)21-9-10-21)14-23-17(2)38-30-24(32(23)40)13-19(6-5-11-36)27(29(30)35)22-7-4-8-25(33)28(22)34/h4,7-8,13-14,16,18,20-21,31,39H,5-6,9-10,12,15,37H2,1-3H3/t16-,18+,20+,31+/m0/s1. The first kappa shape index (κ1) is 30.3. The number of nitriles is 1. The van der Waals surface area contributed by atoms with Gasteiger partial charge in [0.05, 0.1) is 32.9 Å². The van der Waals surface area contributed by atoms with Crippen LogP contribution in [0.2, 0.25) is 10.0 Å². The molecule has 4 aromatic rings. The second-order valence-corrected chi connectivity index (χ2v) is 14.8. The zero-order valence-corrected chi connectivity index (χ0v) is 26.6. The van der Waals surface area contributed by atoms with E-state index < -0.39 is 21.9 Å². The Morgan fingerprint density at radius 2 is 2.00 bits per heavy atom. The van der Waals surface area contributed by atoms with Crippen molar-refractivity contribution < 1.29 is 12.8 Å². The Balaban J connectivity index is 1.67. The molecule has 2 aliphatic rings. The Morgan fingerprint density at radius 1 is 1.26 bits per heavy atom. The van der Waals surface area contributed by atoms with Crippen LogP contribution < -0.4 is 10.5 Å². The SMILES string of the molecule is Cc1nc2c(F)c(-c3cccc(Cl)c3Cl)c(CCC#N)cc2c2c1cc([C@@H](C)NS(=O)(=O)C1CC1)n2[C@H]1[C@@H](CN)C[C@@H]1C. The number of fused-ring (bicyclic) bond motifs is 3. The van der Waals surface area contributed by atoms with E-state index in [1.165, 1.54) is 0 Å². The van der Waals surface area contributed by atoms with E-state index in [0.29, 0.717) is 53.0 Å².